The van der Waals surface area contributed by atoms with Crippen molar-refractivity contribution in [3.05, 3.63) is 58.0 Å². The molecule has 3 N–H and O–H groups in total. The zero-order valence-corrected chi connectivity index (χ0v) is 10.9. The maximum absolute atomic E-state index is 12.8. The molecule has 0 atom stereocenters. The van der Waals surface area contributed by atoms with Crippen LogP contribution in [0.2, 0.25) is 0 Å². The third-order valence-corrected chi connectivity index (χ3v) is 2.80. The van der Waals surface area contributed by atoms with Crippen LogP contribution in [0, 0.1) is 0 Å². The number of aromatic amines is 1. The first-order chi connectivity index (χ1) is 9.91. The molecule has 0 bridgehead atoms. The lowest BCUT2D eigenvalue weighted by molar-refractivity contribution is -0.138. The van der Waals surface area contributed by atoms with E-state index in [9.17, 15) is 18.0 Å². The number of H-pyrrole nitrogens is 1. The zero-order chi connectivity index (χ0) is 15.5. The molecule has 0 aliphatic heterocycles. The Labute approximate surface area is 118 Å². The lowest BCUT2D eigenvalue weighted by Gasteiger charge is -2.12. The van der Waals surface area contributed by atoms with E-state index in [0.29, 0.717) is 13.0 Å². The van der Waals surface area contributed by atoms with Crippen molar-refractivity contribution in [2.24, 2.45) is 5.73 Å². The smallest absolute Gasteiger partial charge is 0.420 e. The second-order valence-corrected chi connectivity index (χ2v) is 4.33. The first kappa shape index (κ1) is 15.1. The van der Waals surface area contributed by atoms with Crippen LogP contribution in [0.25, 0.3) is 0 Å². The van der Waals surface area contributed by atoms with Gasteiger partial charge < -0.3 is 15.5 Å². The van der Waals surface area contributed by atoms with Crippen LogP contribution < -0.4 is 16.0 Å². The van der Waals surface area contributed by atoms with Gasteiger partial charge in [0, 0.05) is 6.20 Å². The average molecular weight is 298 g/mol. The van der Waals surface area contributed by atoms with Crippen molar-refractivity contribution in [3.63, 3.8) is 0 Å². The molecule has 21 heavy (non-hydrogen) atoms. The maximum Gasteiger partial charge on any atom is 0.420 e. The topological polar surface area (TPSA) is 68.1 Å². The molecule has 112 valence electrons. The molecule has 0 radical (unpaired) electrons. The van der Waals surface area contributed by atoms with Crippen molar-refractivity contribution in [2.45, 2.75) is 12.6 Å². The van der Waals surface area contributed by atoms with Crippen LogP contribution in [0.4, 0.5) is 13.2 Å². The molecular weight excluding hydrogens is 285 g/mol. The van der Waals surface area contributed by atoms with Crippen molar-refractivity contribution >= 4 is 0 Å². The van der Waals surface area contributed by atoms with Gasteiger partial charge in [0.05, 0.1) is 0 Å². The number of halogens is 3. The fourth-order valence-corrected chi connectivity index (χ4v) is 1.80. The molecule has 4 nitrogen and oxygen atoms in total. The van der Waals surface area contributed by atoms with E-state index < -0.39 is 23.0 Å². The predicted octanol–water partition coefficient (Wildman–Crippen LogP) is 2.69. The van der Waals surface area contributed by atoms with Crippen molar-refractivity contribution in [2.75, 3.05) is 6.54 Å². The molecule has 1 heterocycles. The molecule has 0 spiro atoms. The molecule has 7 heteroatoms. The van der Waals surface area contributed by atoms with Crippen molar-refractivity contribution in [1.82, 2.24) is 4.98 Å². The molecule has 1 aromatic carbocycles. The van der Waals surface area contributed by atoms with Gasteiger partial charge in [-0.05, 0) is 36.7 Å². The van der Waals surface area contributed by atoms with E-state index in [1.54, 1.807) is 12.1 Å². The molecule has 0 amide bonds. The largest absolute Gasteiger partial charge is 0.451 e. The third kappa shape index (κ3) is 3.63. The SMILES string of the molecule is NCCc1ccc(Oc2c(C(F)(F)F)cc[nH]c2=O)cc1. The van der Waals surface area contributed by atoms with Gasteiger partial charge in [0.1, 0.15) is 11.3 Å². The maximum atomic E-state index is 12.8. The summed E-state index contributed by atoms with van der Waals surface area (Å²) in [5, 5.41) is 0. The summed E-state index contributed by atoms with van der Waals surface area (Å²) in [7, 11) is 0. The van der Waals surface area contributed by atoms with Crippen LogP contribution in [0.3, 0.4) is 0 Å². The average Bonchev–Trinajstić information content (AvgIpc) is 2.42. The van der Waals surface area contributed by atoms with E-state index in [1.165, 1.54) is 12.1 Å². The summed E-state index contributed by atoms with van der Waals surface area (Å²) >= 11 is 0. The standard InChI is InChI=1S/C14H13F3N2O2/c15-14(16,17)11-6-8-19-13(20)12(11)21-10-3-1-9(2-4-10)5-7-18/h1-4,6,8H,5,7,18H2,(H,19,20). The Balaban J connectivity index is 2.33. The van der Waals surface area contributed by atoms with Gasteiger partial charge in [-0.3, -0.25) is 4.79 Å². The highest BCUT2D eigenvalue weighted by Gasteiger charge is 2.35. The lowest BCUT2D eigenvalue weighted by atomic mass is 10.1. The van der Waals surface area contributed by atoms with E-state index in [0.717, 1.165) is 17.8 Å². The molecule has 0 aliphatic rings. The van der Waals surface area contributed by atoms with E-state index in [4.69, 9.17) is 10.5 Å². The number of nitrogens with one attached hydrogen (secondary N) is 1. The Morgan fingerprint density at radius 1 is 1.14 bits per heavy atom. The second-order valence-electron chi connectivity index (χ2n) is 4.33. The number of ether oxygens (including phenoxy) is 1. The van der Waals surface area contributed by atoms with E-state index in [2.05, 4.69) is 4.98 Å². The Morgan fingerprint density at radius 2 is 1.81 bits per heavy atom. The van der Waals surface area contributed by atoms with Gasteiger partial charge in [0.25, 0.3) is 5.56 Å². The molecule has 1 aromatic heterocycles. The summed E-state index contributed by atoms with van der Waals surface area (Å²) in [6.07, 6.45) is -3.08. The summed E-state index contributed by atoms with van der Waals surface area (Å²) in [5.41, 5.74) is 4.29. The fraction of sp³-hybridized carbons (Fsp3) is 0.214. The number of nitrogens with two attached hydrogens (primary N) is 1. The van der Waals surface area contributed by atoms with Crippen molar-refractivity contribution in [1.29, 1.82) is 0 Å². The highest BCUT2D eigenvalue weighted by atomic mass is 19.4. The molecule has 0 fully saturated rings. The molecule has 2 rings (SSSR count). The second kappa shape index (κ2) is 6.01. The minimum atomic E-state index is -4.66. The van der Waals surface area contributed by atoms with Gasteiger partial charge in [-0.15, -0.1) is 0 Å². The van der Waals surface area contributed by atoms with Gasteiger partial charge in [0.15, 0.2) is 0 Å². The minimum absolute atomic E-state index is 0.151. The first-order valence-corrected chi connectivity index (χ1v) is 6.17. The Kier molecular flexibility index (Phi) is 4.32. The Morgan fingerprint density at radius 3 is 2.38 bits per heavy atom. The van der Waals surface area contributed by atoms with Crippen LogP contribution in [0.15, 0.2) is 41.3 Å². The number of benzene rings is 1. The van der Waals surface area contributed by atoms with Gasteiger partial charge in [-0.1, -0.05) is 12.1 Å². The minimum Gasteiger partial charge on any atom is -0.451 e. The molecule has 0 saturated carbocycles. The molecule has 0 unspecified atom stereocenters. The number of pyridine rings is 1. The summed E-state index contributed by atoms with van der Waals surface area (Å²) in [6.45, 7) is 0.469. The summed E-state index contributed by atoms with van der Waals surface area (Å²) in [5.74, 6) is -0.616. The lowest BCUT2D eigenvalue weighted by Crippen LogP contribution is -2.16. The summed E-state index contributed by atoms with van der Waals surface area (Å²) in [6, 6.07) is 7.13. The van der Waals surface area contributed by atoms with E-state index in [-0.39, 0.29) is 5.75 Å². The molecule has 0 saturated heterocycles. The number of hydrogen-bond donors (Lipinski definition) is 2. The number of aromatic nitrogens is 1. The zero-order valence-electron chi connectivity index (χ0n) is 10.9. The fourth-order valence-electron chi connectivity index (χ4n) is 1.80. The number of hydrogen-bond acceptors (Lipinski definition) is 3. The van der Waals surface area contributed by atoms with Crippen LogP contribution in [-0.4, -0.2) is 11.5 Å². The first-order valence-electron chi connectivity index (χ1n) is 6.17. The van der Waals surface area contributed by atoms with Gasteiger partial charge in [-0.25, -0.2) is 0 Å². The molecule has 0 aliphatic carbocycles. The van der Waals surface area contributed by atoms with Crippen molar-refractivity contribution in [3.8, 4) is 11.5 Å². The Bertz CT molecular complexity index is 663. The Hall–Kier alpha value is -2.28. The highest BCUT2D eigenvalue weighted by molar-refractivity contribution is 5.38. The molecular formula is C14H13F3N2O2. The summed E-state index contributed by atoms with van der Waals surface area (Å²) in [4.78, 5) is 13.7. The van der Waals surface area contributed by atoms with E-state index >= 15 is 0 Å². The predicted molar refractivity (Wildman–Crippen MR) is 71.3 cm³/mol. The van der Waals surface area contributed by atoms with Gasteiger partial charge >= 0.3 is 6.18 Å². The number of alkyl halides is 3. The molecule has 2 aromatic rings. The number of rotatable bonds is 4. The van der Waals surface area contributed by atoms with Gasteiger partial charge in [-0.2, -0.15) is 13.2 Å². The third-order valence-electron chi connectivity index (χ3n) is 2.80. The van der Waals surface area contributed by atoms with Crippen molar-refractivity contribution < 1.29 is 17.9 Å². The van der Waals surface area contributed by atoms with Crippen LogP contribution in [-0.2, 0) is 12.6 Å². The van der Waals surface area contributed by atoms with Crippen LogP contribution >= 0.6 is 0 Å². The van der Waals surface area contributed by atoms with Crippen LogP contribution in [0.5, 0.6) is 11.5 Å². The van der Waals surface area contributed by atoms with Gasteiger partial charge in [0.2, 0.25) is 5.75 Å². The highest BCUT2D eigenvalue weighted by Crippen LogP contribution is 2.35. The quantitative estimate of drug-likeness (QED) is 0.912. The van der Waals surface area contributed by atoms with Crippen LogP contribution in [0.1, 0.15) is 11.1 Å². The van der Waals surface area contributed by atoms with E-state index in [1.807, 2.05) is 0 Å². The monoisotopic (exact) mass is 298 g/mol. The normalized spacial score (nSPS) is 11.4. The summed E-state index contributed by atoms with van der Waals surface area (Å²) < 4.78 is 43.7.